The lowest BCUT2D eigenvalue weighted by molar-refractivity contribution is 0.0792. The van der Waals surface area contributed by atoms with Crippen molar-refractivity contribution in [1.29, 1.82) is 0 Å². The summed E-state index contributed by atoms with van der Waals surface area (Å²) in [5.41, 5.74) is 6.28. The maximum absolute atomic E-state index is 13.3. The van der Waals surface area contributed by atoms with E-state index in [1.165, 1.54) is 37.7 Å². The van der Waals surface area contributed by atoms with E-state index in [4.69, 9.17) is 4.98 Å². The van der Waals surface area contributed by atoms with E-state index in [1.807, 2.05) is 17.0 Å². The van der Waals surface area contributed by atoms with Crippen LogP contribution in [0.3, 0.4) is 0 Å². The number of hydrogen-bond acceptors (Lipinski definition) is 4. The van der Waals surface area contributed by atoms with Crippen LogP contribution in [0, 0.1) is 13.8 Å². The third-order valence-corrected chi connectivity index (χ3v) is 7.77. The number of likely N-dealkylation sites (tertiary alicyclic amines) is 1. The van der Waals surface area contributed by atoms with Crippen molar-refractivity contribution in [2.24, 2.45) is 0 Å². The van der Waals surface area contributed by atoms with Crippen LogP contribution in [0.25, 0.3) is 11.4 Å². The first-order valence-corrected chi connectivity index (χ1v) is 12.8. The number of hydrogen-bond donors (Lipinski definition) is 1. The monoisotopic (exact) mass is 448 g/mol. The molecule has 1 N–H and O–H groups in total. The van der Waals surface area contributed by atoms with E-state index in [-0.39, 0.29) is 5.91 Å². The molecule has 5 rings (SSSR count). The van der Waals surface area contributed by atoms with E-state index in [1.54, 1.807) is 11.3 Å². The van der Waals surface area contributed by atoms with Crippen LogP contribution in [0.4, 0.5) is 10.8 Å². The van der Waals surface area contributed by atoms with Crippen molar-refractivity contribution in [2.75, 3.05) is 18.4 Å². The summed E-state index contributed by atoms with van der Waals surface area (Å²) < 4.78 is 2.43. The first-order valence-electron chi connectivity index (χ1n) is 11.9. The van der Waals surface area contributed by atoms with Crippen LogP contribution in [-0.4, -0.2) is 33.4 Å². The Labute approximate surface area is 194 Å². The molecule has 32 heavy (non-hydrogen) atoms. The third-order valence-electron chi connectivity index (χ3n) is 7.01. The normalized spacial score (nSPS) is 17.1. The van der Waals surface area contributed by atoms with E-state index < -0.39 is 0 Å². The van der Waals surface area contributed by atoms with Gasteiger partial charge in [-0.3, -0.25) is 4.79 Å². The van der Waals surface area contributed by atoms with E-state index >= 15 is 0 Å². The molecule has 1 aliphatic heterocycles. The number of amides is 1. The number of carbonyl (C=O) groups excluding carboxylic acids is 1. The highest BCUT2D eigenvalue weighted by atomic mass is 32.1. The largest absolute Gasteiger partial charge is 0.340 e. The van der Waals surface area contributed by atoms with E-state index in [2.05, 4.69) is 47.3 Å². The minimum absolute atomic E-state index is 0.185. The maximum Gasteiger partial charge on any atom is 0.255 e. The summed E-state index contributed by atoms with van der Waals surface area (Å²) in [6.45, 7) is 5.98. The van der Waals surface area contributed by atoms with Crippen LogP contribution >= 0.6 is 11.3 Å². The van der Waals surface area contributed by atoms with Gasteiger partial charge in [-0.2, -0.15) is 0 Å². The summed E-state index contributed by atoms with van der Waals surface area (Å²) in [5, 5.41) is 6.48. The zero-order valence-corrected chi connectivity index (χ0v) is 19.9. The highest BCUT2D eigenvalue weighted by Gasteiger charge is 2.28. The Bertz CT molecular complexity index is 1100. The van der Waals surface area contributed by atoms with Crippen molar-refractivity contribution < 1.29 is 4.79 Å². The van der Waals surface area contributed by atoms with Crippen LogP contribution in [0.5, 0.6) is 0 Å². The van der Waals surface area contributed by atoms with Gasteiger partial charge in [0.05, 0.1) is 17.0 Å². The fourth-order valence-electron chi connectivity index (χ4n) is 5.21. The van der Waals surface area contributed by atoms with Gasteiger partial charge in [0.1, 0.15) is 0 Å². The van der Waals surface area contributed by atoms with Crippen LogP contribution < -0.4 is 5.32 Å². The molecule has 0 spiro atoms. The number of carbonyl (C=O) groups is 1. The van der Waals surface area contributed by atoms with Gasteiger partial charge in [-0.25, -0.2) is 4.98 Å². The minimum atomic E-state index is 0.185. The number of rotatable bonds is 5. The quantitative estimate of drug-likeness (QED) is 0.472. The smallest absolute Gasteiger partial charge is 0.255 e. The minimum Gasteiger partial charge on any atom is -0.340 e. The first-order chi connectivity index (χ1) is 15.6. The standard InChI is InChI=1S/C26H32N4OS/c1-18-10-6-7-13-22(18)27-26-28-23(17-32-26)24-16-21(25(31)29-14-8-9-15-29)19(2)30(24)20-11-4-3-5-12-20/h6-7,10,13,16-17,20H,3-5,8-9,11-12,14-15H2,1-2H3,(H,27,28). The second-order valence-electron chi connectivity index (χ2n) is 9.17. The Morgan fingerprint density at radius 2 is 1.81 bits per heavy atom. The summed E-state index contributed by atoms with van der Waals surface area (Å²) in [6.07, 6.45) is 8.41. The van der Waals surface area contributed by atoms with Crippen molar-refractivity contribution >= 4 is 28.1 Å². The van der Waals surface area contributed by atoms with Crippen molar-refractivity contribution in [1.82, 2.24) is 14.5 Å². The summed E-state index contributed by atoms with van der Waals surface area (Å²) in [5.74, 6) is 0.185. The van der Waals surface area contributed by atoms with E-state index in [0.29, 0.717) is 6.04 Å². The van der Waals surface area contributed by atoms with Gasteiger partial charge in [0.15, 0.2) is 5.13 Å². The van der Waals surface area contributed by atoms with Gasteiger partial charge >= 0.3 is 0 Å². The molecule has 1 saturated carbocycles. The number of para-hydroxylation sites is 1. The second-order valence-corrected chi connectivity index (χ2v) is 10.0. The number of aromatic nitrogens is 2. The molecular weight excluding hydrogens is 416 g/mol. The Kier molecular flexibility index (Phi) is 6.05. The lowest BCUT2D eigenvalue weighted by Crippen LogP contribution is -2.28. The molecule has 3 heterocycles. The molecular formula is C26H32N4OS. The molecule has 5 nitrogen and oxygen atoms in total. The molecule has 2 aromatic heterocycles. The van der Waals surface area contributed by atoms with Crippen molar-refractivity contribution in [3.8, 4) is 11.4 Å². The summed E-state index contributed by atoms with van der Waals surface area (Å²) in [4.78, 5) is 20.3. The molecule has 0 unspecified atom stereocenters. The SMILES string of the molecule is Cc1ccccc1Nc1nc(-c2cc(C(=O)N3CCCC3)c(C)n2C2CCCCC2)cs1. The maximum atomic E-state index is 13.3. The van der Waals surface area contributed by atoms with Crippen molar-refractivity contribution in [3.63, 3.8) is 0 Å². The first kappa shape index (κ1) is 21.3. The van der Waals surface area contributed by atoms with E-state index in [9.17, 15) is 4.79 Å². The average molecular weight is 449 g/mol. The van der Waals surface area contributed by atoms with Crippen LogP contribution in [0.1, 0.15) is 72.6 Å². The summed E-state index contributed by atoms with van der Waals surface area (Å²) in [7, 11) is 0. The molecule has 0 bridgehead atoms. The number of nitrogens with one attached hydrogen (secondary N) is 1. The predicted octanol–water partition coefficient (Wildman–Crippen LogP) is 6.71. The van der Waals surface area contributed by atoms with Gasteiger partial charge in [0, 0.05) is 35.9 Å². The molecule has 6 heteroatoms. The highest BCUT2D eigenvalue weighted by Crippen LogP contribution is 2.38. The molecule has 1 amide bonds. The molecule has 2 fully saturated rings. The molecule has 1 aromatic carbocycles. The molecule has 3 aromatic rings. The van der Waals surface area contributed by atoms with Crippen molar-refractivity contribution in [3.05, 3.63) is 52.5 Å². The fourth-order valence-corrected chi connectivity index (χ4v) is 5.93. The Morgan fingerprint density at radius 1 is 1.06 bits per heavy atom. The molecule has 1 saturated heterocycles. The molecule has 0 atom stereocenters. The number of thiazole rings is 1. The highest BCUT2D eigenvalue weighted by molar-refractivity contribution is 7.14. The van der Waals surface area contributed by atoms with E-state index in [0.717, 1.165) is 59.4 Å². The summed E-state index contributed by atoms with van der Waals surface area (Å²) >= 11 is 1.62. The topological polar surface area (TPSA) is 50.2 Å². The molecule has 1 aliphatic carbocycles. The average Bonchev–Trinajstić information content (AvgIpc) is 3.56. The van der Waals surface area contributed by atoms with Crippen LogP contribution in [0.2, 0.25) is 0 Å². The Morgan fingerprint density at radius 3 is 2.56 bits per heavy atom. The Balaban J connectivity index is 1.51. The zero-order valence-electron chi connectivity index (χ0n) is 19.1. The molecule has 168 valence electrons. The van der Waals surface area contributed by atoms with Gasteiger partial charge in [0.2, 0.25) is 0 Å². The van der Waals surface area contributed by atoms with Crippen molar-refractivity contribution in [2.45, 2.75) is 64.8 Å². The third kappa shape index (κ3) is 4.08. The van der Waals surface area contributed by atoms with Gasteiger partial charge in [-0.15, -0.1) is 11.3 Å². The lowest BCUT2D eigenvalue weighted by atomic mass is 9.95. The number of anilines is 2. The number of aryl methyl sites for hydroxylation is 1. The van der Waals surface area contributed by atoms with Gasteiger partial charge in [0.25, 0.3) is 5.91 Å². The predicted molar refractivity (Wildman–Crippen MR) is 132 cm³/mol. The molecule has 0 radical (unpaired) electrons. The number of nitrogens with zero attached hydrogens (tertiary/aromatic N) is 3. The van der Waals surface area contributed by atoms with Crippen LogP contribution in [-0.2, 0) is 0 Å². The molecule has 2 aliphatic rings. The lowest BCUT2D eigenvalue weighted by Gasteiger charge is -2.27. The van der Waals surface area contributed by atoms with Crippen LogP contribution in [0.15, 0.2) is 35.7 Å². The summed E-state index contributed by atoms with van der Waals surface area (Å²) in [6, 6.07) is 10.8. The number of benzene rings is 1. The zero-order chi connectivity index (χ0) is 22.1. The van der Waals surface area contributed by atoms with Gasteiger partial charge < -0.3 is 14.8 Å². The fraction of sp³-hybridized carbons (Fsp3) is 0.462. The van der Waals surface area contributed by atoms with Gasteiger partial charge in [-0.05, 0) is 57.2 Å². The Hall–Kier alpha value is -2.60. The second kappa shape index (κ2) is 9.10. The van der Waals surface area contributed by atoms with Gasteiger partial charge in [-0.1, -0.05) is 37.5 Å².